The summed E-state index contributed by atoms with van der Waals surface area (Å²) in [6, 6.07) is 6.79. The fourth-order valence-electron chi connectivity index (χ4n) is 4.10. The number of pyridine rings is 2. The first-order valence-electron chi connectivity index (χ1n) is 11.6. The summed E-state index contributed by atoms with van der Waals surface area (Å²) in [7, 11) is 0. The van der Waals surface area contributed by atoms with E-state index in [1.54, 1.807) is 45.3 Å². The molecule has 0 radical (unpaired) electrons. The molecule has 1 unspecified atom stereocenters. The number of aliphatic hydroxyl groups is 1. The van der Waals surface area contributed by atoms with Gasteiger partial charge in [-0.15, -0.1) is 0 Å². The Balaban J connectivity index is 1.73. The summed E-state index contributed by atoms with van der Waals surface area (Å²) in [5.74, 6) is 0.0204. The molecule has 1 atom stereocenters. The van der Waals surface area contributed by atoms with Crippen LogP contribution in [-0.4, -0.2) is 34.4 Å². The van der Waals surface area contributed by atoms with Crippen LogP contribution in [-0.2, 0) is 12.0 Å². The Morgan fingerprint density at radius 2 is 1.86 bits per heavy atom. The van der Waals surface area contributed by atoms with Crippen LogP contribution in [0.25, 0.3) is 17.1 Å². The fraction of sp³-hybridized carbons (Fsp3) is 0.346. The van der Waals surface area contributed by atoms with Crippen molar-refractivity contribution in [2.75, 3.05) is 0 Å². The van der Waals surface area contributed by atoms with Crippen LogP contribution in [0, 0.1) is 13.8 Å². The Kier molecular flexibility index (Phi) is 7.25. The molecule has 0 aliphatic carbocycles. The molecule has 4 aromatic rings. The summed E-state index contributed by atoms with van der Waals surface area (Å²) >= 11 is 6.57. The first-order valence-corrected chi connectivity index (χ1v) is 12.0. The van der Waals surface area contributed by atoms with Crippen LogP contribution >= 0.6 is 11.6 Å². The van der Waals surface area contributed by atoms with Crippen LogP contribution in [0.3, 0.4) is 0 Å². The van der Waals surface area contributed by atoms with Crippen LogP contribution in [0.4, 0.5) is 8.78 Å². The number of halogens is 3. The van der Waals surface area contributed by atoms with Gasteiger partial charge in [-0.3, -0.25) is 14.3 Å². The summed E-state index contributed by atoms with van der Waals surface area (Å²) in [5.41, 5.74) is 2.46. The van der Waals surface area contributed by atoms with Crippen molar-refractivity contribution in [3.63, 3.8) is 0 Å². The highest BCUT2D eigenvalue weighted by atomic mass is 35.5. The van der Waals surface area contributed by atoms with E-state index in [4.69, 9.17) is 11.6 Å². The van der Waals surface area contributed by atoms with Gasteiger partial charge in [-0.2, -0.15) is 13.9 Å². The maximum Gasteiger partial charge on any atom is 0.333 e. The molecule has 1 N–H and O–H groups in total. The molecule has 8 nitrogen and oxygen atoms in total. The summed E-state index contributed by atoms with van der Waals surface area (Å²) in [6.45, 7) is 5.99. The Morgan fingerprint density at radius 3 is 2.51 bits per heavy atom. The van der Waals surface area contributed by atoms with Crippen LogP contribution in [0.2, 0.25) is 5.02 Å². The predicted octanol–water partition coefficient (Wildman–Crippen LogP) is 5.12. The number of rotatable bonds is 7. The van der Waals surface area contributed by atoms with Crippen molar-refractivity contribution in [3.05, 3.63) is 86.6 Å². The Bertz CT molecular complexity index is 1510. The van der Waals surface area contributed by atoms with E-state index in [2.05, 4.69) is 20.1 Å². The normalized spacial score (nSPS) is 12.8. The molecule has 0 spiro atoms. The second-order valence-electron chi connectivity index (χ2n) is 9.55. The topological polar surface area (TPSA) is 98.7 Å². The third-order valence-corrected chi connectivity index (χ3v) is 6.43. The van der Waals surface area contributed by atoms with E-state index >= 15 is 0 Å². The van der Waals surface area contributed by atoms with Crippen LogP contribution in [0.1, 0.15) is 61.6 Å². The van der Waals surface area contributed by atoms with E-state index in [0.29, 0.717) is 45.1 Å². The molecule has 4 rings (SSSR count). The summed E-state index contributed by atoms with van der Waals surface area (Å²) < 4.78 is 27.9. The average Bonchev–Trinajstić information content (AvgIpc) is 3.31. The molecule has 37 heavy (non-hydrogen) atoms. The molecule has 4 aromatic heterocycles. The smallest absolute Gasteiger partial charge is 0.333 e. The number of alkyl halides is 2. The van der Waals surface area contributed by atoms with Gasteiger partial charge in [-0.05, 0) is 75.4 Å². The molecule has 0 aliphatic rings. The third kappa shape index (κ3) is 5.45. The lowest BCUT2D eigenvalue weighted by molar-refractivity contribution is 0.0561. The minimum Gasteiger partial charge on any atom is -0.382 e. The van der Waals surface area contributed by atoms with Gasteiger partial charge in [-0.1, -0.05) is 18.5 Å². The van der Waals surface area contributed by atoms with Crippen molar-refractivity contribution in [1.82, 2.24) is 29.3 Å². The molecule has 4 heterocycles. The molecular formula is C26H27ClF2N6O2. The van der Waals surface area contributed by atoms with Crippen molar-refractivity contribution < 1.29 is 13.9 Å². The highest BCUT2D eigenvalue weighted by molar-refractivity contribution is 6.31. The summed E-state index contributed by atoms with van der Waals surface area (Å²) in [4.78, 5) is 26.5. The van der Waals surface area contributed by atoms with Crippen molar-refractivity contribution in [1.29, 1.82) is 0 Å². The zero-order valence-corrected chi connectivity index (χ0v) is 21.8. The van der Waals surface area contributed by atoms with Crippen molar-refractivity contribution in [2.45, 2.75) is 59.1 Å². The van der Waals surface area contributed by atoms with Gasteiger partial charge in [0.2, 0.25) is 0 Å². The summed E-state index contributed by atoms with van der Waals surface area (Å²) in [5, 5.41) is 14.2. The molecule has 0 fully saturated rings. The highest BCUT2D eigenvalue weighted by Gasteiger charge is 2.22. The SMILES string of the molecule is Cc1cnc(-c2ccnc(C(C)(C)O)n2)cc1-n1c(C)cc(C(C)Cc2ccn(C(F)F)n2)c(Cl)c1=O. The molecule has 0 saturated heterocycles. The Hall–Kier alpha value is -3.50. The first kappa shape index (κ1) is 26.6. The monoisotopic (exact) mass is 528 g/mol. The number of aromatic nitrogens is 6. The zero-order valence-electron chi connectivity index (χ0n) is 21.1. The van der Waals surface area contributed by atoms with Gasteiger partial charge in [-0.25, -0.2) is 14.6 Å². The average molecular weight is 529 g/mol. The minimum atomic E-state index is -2.71. The van der Waals surface area contributed by atoms with E-state index in [-0.39, 0.29) is 16.8 Å². The van der Waals surface area contributed by atoms with Gasteiger partial charge < -0.3 is 5.11 Å². The molecule has 11 heteroatoms. The van der Waals surface area contributed by atoms with Crippen LogP contribution < -0.4 is 5.56 Å². The van der Waals surface area contributed by atoms with Gasteiger partial charge in [0.05, 0.1) is 22.8 Å². The minimum absolute atomic E-state index is 0.0514. The predicted molar refractivity (Wildman–Crippen MR) is 136 cm³/mol. The van der Waals surface area contributed by atoms with Crippen LogP contribution in [0.5, 0.6) is 0 Å². The lowest BCUT2D eigenvalue weighted by Crippen LogP contribution is -2.24. The van der Waals surface area contributed by atoms with Gasteiger partial charge >= 0.3 is 6.55 Å². The number of hydrogen-bond acceptors (Lipinski definition) is 6. The fourth-order valence-corrected chi connectivity index (χ4v) is 4.43. The van der Waals surface area contributed by atoms with E-state index in [1.807, 2.05) is 19.9 Å². The number of nitrogens with zero attached hydrogens (tertiary/aromatic N) is 6. The lowest BCUT2D eigenvalue weighted by Gasteiger charge is -2.19. The van der Waals surface area contributed by atoms with Gasteiger partial charge in [0.25, 0.3) is 5.56 Å². The molecular weight excluding hydrogens is 502 g/mol. The largest absolute Gasteiger partial charge is 0.382 e. The molecule has 0 aliphatic heterocycles. The second kappa shape index (κ2) is 10.1. The second-order valence-corrected chi connectivity index (χ2v) is 9.92. The molecule has 0 aromatic carbocycles. The Morgan fingerprint density at radius 1 is 1.14 bits per heavy atom. The van der Waals surface area contributed by atoms with Crippen molar-refractivity contribution in [3.8, 4) is 17.1 Å². The number of hydrogen-bond donors (Lipinski definition) is 1. The quantitative estimate of drug-likeness (QED) is 0.357. The first-order chi connectivity index (χ1) is 17.4. The molecule has 0 bridgehead atoms. The van der Waals surface area contributed by atoms with E-state index < -0.39 is 17.7 Å². The maximum atomic E-state index is 13.5. The standard InChI is InChI=1S/C26H27ClF2N6O2/c1-14(10-17-7-9-34(33-17)25(28)29)18-11-16(3)35(23(36)22(18)27)21-12-20(31-13-15(21)2)19-6-8-30-24(32-19)26(4,5)37/h6-9,11-14,25,37H,10H2,1-5H3. The van der Waals surface area contributed by atoms with E-state index in [9.17, 15) is 18.7 Å². The van der Waals surface area contributed by atoms with Gasteiger partial charge in [0.1, 0.15) is 10.6 Å². The molecule has 0 amide bonds. The van der Waals surface area contributed by atoms with Crippen LogP contribution in [0.15, 0.2) is 47.7 Å². The third-order valence-electron chi connectivity index (χ3n) is 6.05. The van der Waals surface area contributed by atoms with Gasteiger partial charge in [0, 0.05) is 24.3 Å². The lowest BCUT2D eigenvalue weighted by atomic mass is 9.96. The van der Waals surface area contributed by atoms with Crippen molar-refractivity contribution in [2.24, 2.45) is 0 Å². The van der Waals surface area contributed by atoms with Gasteiger partial charge in [0.15, 0.2) is 5.82 Å². The number of aryl methyl sites for hydroxylation is 2. The summed E-state index contributed by atoms with van der Waals surface area (Å²) in [6.07, 6.45) is 4.76. The zero-order chi connectivity index (χ0) is 27.1. The van der Waals surface area contributed by atoms with E-state index in [1.165, 1.54) is 16.8 Å². The highest BCUT2D eigenvalue weighted by Crippen LogP contribution is 2.29. The van der Waals surface area contributed by atoms with E-state index in [0.717, 1.165) is 5.56 Å². The maximum absolute atomic E-state index is 13.5. The Labute approximate surface area is 217 Å². The molecule has 0 saturated carbocycles. The molecule has 194 valence electrons. The van der Waals surface area contributed by atoms with Crippen molar-refractivity contribution >= 4 is 11.6 Å².